The van der Waals surface area contributed by atoms with E-state index in [1.165, 1.54) is 56.3 Å². The molecule has 1 aliphatic heterocycles. The smallest absolute Gasteiger partial charge is 0.321 e. The second-order valence-electron chi connectivity index (χ2n) is 7.21. The highest BCUT2D eigenvalue weighted by molar-refractivity contribution is 7.15. The number of rotatable bonds is 5. The lowest BCUT2D eigenvalue weighted by molar-refractivity contribution is 0.184. The van der Waals surface area contributed by atoms with Gasteiger partial charge in [0.25, 0.3) is 0 Å². The summed E-state index contributed by atoms with van der Waals surface area (Å²) in [5.74, 6) is 1.31. The third-order valence-corrected chi connectivity index (χ3v) is 6.07. The Bertz CT molecular complexity index is 529. The normalized spacial score (nSPS) is 23.1. The number of urea groups is 1. The van der Waals surface area contributed by atoms with Gasteiger partial charge in [0.15, 0.2) is 0 Å². The predicted octanol–water partition coefficient (Wildman–Crippen LogP) is 3.44. The van der Waals surface area contributed by atoms with Crippen LogP contribution in [0.4, 0.5) is 9.93 Å². The number of carbonyl (C=O) groups excluding carboxylic acids is 1. The molecule has 1 saturated heterocycles. The van der Waals surface area contributed by atoms with Gasteiger partial charge in [0, 0.05) is 25.6 Å². The summed E-state index contributed by atoms with van der Waals surface area (Å²) in [6.45, 7) is 6.18. The van der Waals surface area contributed by atoms with E-state index in [0.29, 0.717) is 17.6 Å². The van der Waals surface area contributed by atoms with Crippen LogP contribution in [0.25, 0.3) is 0 Å². The van der Waals surface area contributed by atoms with Gasteiger partial charge in [0.2, 0.25) is 5.13 Å². The van der Waals surface area contributed by atoms with Crippen molar-refractivity contribution in [1.82, 2.24) is 20.4 Å². The highest BCUT2D eigenvalue weighted by Crippen LogP contribution is 2.35. The molecule has 2 aliphatic rings. The van der Waals surface area contributed by atoms with E-state index >= 15 is 0 Å². The topological polar surface area (TPSA) is 70.2 Å². The zero-order chi connectivity index (χ0) is 16.8. The Morgan fingerprint density at radius 2 is 2.04 bits per heavy atom. The van der Waals surface area contributed by atoms with Gasteiger partial charge >= 0.3 is 6.03 Å². The first-order valence-corrected chi connectivity index (χ1v) is 10.1. The lowest BCUT2D eigenvalue weighted by atomic mass is 9.90. The van der Waals surface area contributed by atoms with Crippen LogP contribution in [0.2, 0.25) is 0 Å². The Morgan fingerprint density at radius 1 is 1.21 bits per heavy atom. The van der Waals surface area contributed by atoms with E-state index in [0.717, 1.165) is 30.6 Å². The second-order valence-corrected chi connectivity index (χ2v) is 8.22. The molecule has 1 atom stereocenters. The van der Waals surface area contributed by atoms with Crippen molar-refractivity contribution in [3.63, 3.8) is 0 Å². The summed E-state index contributed by atoms with van der Waals surface area (Å²) < 4.78 is 0. The molecular weight excluding hydrogens is 322 g/mol. The third kappa shape index (κ3) is 5.14. The Hall–Kier alpha value is -1.21. The Balaban J connectivity index is 1.38. The number of nitrogens with zero attached hydrogens (tertiary/aromatic N) is 3. The molecule has 1 saturated carbocycles. The highest BCUT2D eigenvalue weighted by atomic mass is 32.1. The molecule has 1 aromatic rings. The van der Waals surface area contributed by atoms with Crippen molar-refractivity contribution in [2.24, 2.45) is 5.92 Å². The van der Waals surface area contributed by atoms with Crippen LogP contribution in [0.1, 0.15) is 62.8 Å². The fourth-order valence-electron chi connectivity index (χ4n) is 3.76. The van der Waals surface area contributed by atoms with Crippen LogP contribution < -0.4 is 10.6 Å². The fourth-order valence-corrected chi connectivity index (χ4v) is 4.67. The monoisotopic (exact) mass is 351 g/mol. The van der Waals surface area contributed by atoms with E-state index < -0.39 is 0 Å². The molecule has 1 aliphatic carbocycles. The average molecular weight is 352 g/mol. The summed E-state index contributed by atoms with van der Waals surface area (Å²) in [4.78, 5) is 14.4. The molecule has 134 valence electrons. The molecule has 0 bridgehead atoms. The molecule has 0 radical (unpaired) electrons. The minimum absolute atomic E-state index is 0.175. The first kappa shape index (κ1) is 17.6. The van der Waals surface area contributed by atoms with Crippen molar-refractivity contribution in [2.45, 2.75) is 57.8 Å². The van der Waals surface area contributed by atoms with Gasteiger partial charge in [0.05, 0.1) is 0 Å². The van der Waals surface area contributed by atoms with E-state index in [2.05, 4.69) is 32.7 Å². The molecule has 3 rings (SSSR count). The van der Waals surface area contributed by atoms with E-state index in [-0.39, 0.29) is 6.03 Å². The lowest BCUT2D eigenvalue weighted by Crippen LogP contribution is -2.41. The van der Waals surface area contributed by atoms with Crippen LogP contribution in [0.5, 0.6) is 0 Å². The van der Waals surface area contributed by atoms with Crippen LogP contribution in [-0.4, -0.2) is 47.3 Å². The number of amides is 2. The van der Waals surface area contributed by atoms with Gasteiger partial charge in [-0.15, -0.1) is 10.2 Å². The van der Waals surface area contributed by atoms with E-state index in [1.54, 1.807) is 0 Å². The SMILES string of the molecule is CC1CCCN(CCNC(=O)Nc2nnc(C3CCCCC3)s2)C1. The van der Waals surface area contributed by atoms with Gasteiger partial charge in [-0.1, -0.05) is 37.5 Å². The first-order valence-electron chi connectivity index (χ1n) is 9.31. The molecular formula is C17H29N5OS. The Morgan fingerprint density at radius 3 is 2.83 bits per heavy atom. The van der Waals surface area contributed by atoms with Crippen LogP contribution in [0, 0.1) is 5.92 Å². The fraction of sp³-hybridized carbons (Fsp3) is 0.824. The summed E-state index contributed by atoms with van der Waals surface area (Å²) in [5.41, 5.74) is 0. The number of likely N-dealkylation sites (tertiary alicyclic amines) is 1. The molecule has 2 amide bonds. The number of anilines is 1. The van der Waals surface area contributed by atoms with Gasteiger partial charge in [-0.3, -0.25) is 5.32 Å². The maximum absolute atomic E-state index is 12.0. The van der Waals surface area contributed by atoms with Crippen LogP contribution in [0.3, 0.4) is 0 Å². The molecule has 2 fully saturated rings. The minimum Gasteiger partial charge on any atom is -0.337 e. The average Bonchev–Trinajstić information content (AvgIpc) is 3.04. The molecule has 0 aromatic carbocycles. The van der Waals surface area contributed by atoms with Crippen molar-refractivity contribution in [1.29, 1.82) is 0 Å². The number of hydrogen-bond donors (Lipinski definition) is 2. The summed E-state index contributed by atoms with van der Waals surface area (Å²) in [6.07, 6.45) is 8.89. The van der Waals surface area contributed by atoms with Crippen molar-refractivity contribution >= 4 is 22.5 Å². The van der Waals surface area contributed by atoms with E-state index in [1.807, 2.05) is 0 Å². The van der Waals surface area contributed by atoms with Gasteiger partial charge in [-0.25, -0.2) is 4.79 Å². The summed E-state index contributed by atoms with van der Waals surface area (Å²) in [5, 5.41) is 15.8. The van der Waals surface area contributed by atoms with Crippen molar-refractivity contribution in [3.05, 3.63) is 5.01 Å². The summed E-state index contributed by atoms with van der Waals surface area (Å²) >= 11 is 1.52. The zero-order valence-electron chi connectivity index (χ0n) is 14.6. The quantitative estimate of drug-likeness (QED) is 0.852. The Kier molecular flexibility index (Phi) is 6.43. The van der Waals surface area contributed by atoms with E-state index in [4.69, 9.17) is 0 Å². The van der Waals surface area contributed by atoms with Gasteiger partial charge in [-0.2, -0.15) is 0 Å². The maximum Gasteiger partial charge on any atom is 0.321 e. The standard InChI is InChI=1S/C17H29N5OS/c1-13-6-5-10-22(12-13)11-9-18-16(23)19-17-21-20-15(24-17)14-7-3-2-4-8-14/h13-14H,2-12H2,1H3,(H2,18,19,21,23). The molecule has 2 N–H and O–H groups in total. The summed E-state index contributed by atoms with van der Waals surface area (Å²) in [6, 6.07) is -0.175. The van der Waals surface area contributed by atoms with Crippen molar-refractivity contribution in [3.8, 4) is 0 Å². The van der Waals surface area contributed by atoms with E-state index in [9.17, 15) is 4.79 Å². The largest absolute Gasteiger partial charge is 0.337 e. The van der Waals surface area contributed by atoms with Gasteiger partial charge in [0.1, 0.15) is 5.01 Å². The van der Waals surface area contributed by atoms with Crippen LogP contribution in [0.15, 0.2) is 0 Å². The number of aromatic nitrogens is 2. The maximum atomic E-state index is 12.0. The van der Waals surface area contributed by atoms with Gasteiger partial charge in [-0.05, 0) is 38.1 Å². The molecule has 6 nitrogen and oxygen atoms in total. The number of carbonyl (C=O) groups is 1. The molecule has 1 aromatic heterocycles. The molecule has 1 unspecified atom stereocenters. The second kappa shape index (κ2) is 8.76. The number of hydrogen-bond acceptors (Lipinski definition) is 5. The number of nitrogens with one attached hydrogen (secondary N) is 2. The van der Waals surface area contributed by atoms with Crippen molar-refractivity contribution in [2.75, 3.05) is 31.5 Å². The lowest BCUT2D eigenvalue weighted by Gasteiger charge is -2.30. The molecule has 0 spiro atoms. The van der Waals surface area contributed by atoms with Crippen molar-refractivity contribution < 1.29 is 4.79 Å². The molecule has 2 heterocycles. The predicted molar refractivity (Wildman–Crippen MR) is 97.6 cm³/mol. The molecule has 24 heavy (non-hydrogen) atoms. The molecule has 7 heteroatoms. The summed E-state index contributed by atoms with van der Waals surface area (Å²) in [7, 11) is 0. The Labute approximate surface area is 148 Å². The minimum atomic E-state index is -0.175. The third-order valence-electron chi connectivity index (χ3n) is 5.07. The van der Waals surface area contributed by atoms with Gasteiger partial charge < -0.3 is 10.2 Å². The van der Waals surface area contributed by atoms with Crippen LogP contribution >= 0.6 is 11.3 Å². The highest BCUT2D eigenvalue weighted by Gasteiger charge is 2.20. The first-order chi connectivity index (χ1) is 11.7. The van der Waals surface area contributed by atoms with Crippen LogP contribution in [-0.2, 0) is 0 Å². The zero-order valence-corrected chi connectivity index (χ0v) is 15.4. The number of piperidine rings is 1.